The predicted molar refractivity (Wildman–Crippen MR) is 88.9 cm³/mol. The van der Waals surface area contributed by atoms with Crippen LogP contribution in [0.15, 0.2) is 53.4 Å². The Morgan fingerprint density at radius 1 is 1.08 bits per heavy atom. The number of rotatable bonds is 5. The first-order valence-corrected chi connectivity index (χ1v) is 9.05. The van der Waals surface area contributed by atoms with Crippen molar-refractivity contribution >= 4 is 27.5 Å². The van der Waals surface area contributed by atoms with Gasteiger partial charge in [0.05, 0.1) is 5.56 Å². The van der Waals surface area contributed by atoms with Crippen LogP contribution in [0.5, 0.6) is 0 Å². The number of sulfonamides is 1. The summed E-state index contributed by atoms with van der Waals surface area (Å²) in [5.74, 6) is -1.32. The van der Waals surface area contributed by atoms with Gasteiger partial charge < -0.3 is 5.32 Å². The first-order chi connectivity index (χ1) is 11.9. The zero-order chi connectivity index (χ0) is 18.0. The minimum Gasteiger partial charge on any atom is -0.326 e. The van der Waals surface area contributed by atoms with Crippen molar-refractivity contribution in [1.82, 2.24) is 4.31 Å². The highest BCUT2D eigenvalue weighted by atomic mass is 32.2. The monoisotopic (exact) mass is 362 g/mol. The highest BCUT2D eigenvalue weighted by Gasteiger charge is 2.40. The van der Waals surface area contributed by atoms with E-state index in [4.69, 9.17) is 0 Å². The number of halogens is 1. The van der Waals surface area contributed by atoms with E-state index in [9.17, 15) is 22.4 Å². The maximum absolute atomic E-state index is 12.8. The Hall–Kier alpha value is -2.74. The van der Waals surface area contributed by atoms with Crippen LogP contribution in [-0.4, -0.2) is 31.1 Å². The number of hydrogen-bond donors (Lipinski definition) is 1. The van der Waals surface area contributed by atoms with Crippen molar-refractivity contribution in [2.45, 2.75) is 17.7 Å². The van der Waals surface area contributed by atoms with Gasteiger partial charge in [-0.3, -0.25) is 9.59 Å². The molecule has 0 fully saturated rings. The van der Waals surface area contributed by atoms with Gasteiger partial charge >= 0.3 is 0 Å². The Bertz CT molecular complexity index is 926. The van der Waals surface area contributed by atoms with Gasteiger partial charge in [0.1, 0.15) is 10.7 Å². The van der Waals surface area contributed by atoms with E-state index >= 15 is 0 Å². The third-order valence-electron chi connectivity index (χ3n) is 3.81. The minimum atomic E-state index is -3.85. The summed E-state index contributed by atoms with van der Waals surface area (Å²) in [7, 11) is -3.85. The lowest BCUT2D eigenvalue weighted by atomic mass is 10.2. The maximum atomic E-state index is 12.8. The Kier molecular flexibility index (Phi) is 4.54. The average Bonchev–Trinajstić information content (AvgIpc) is 2.78. The second-order valence-corrected chi connectivity index (χ2v) is 7.37. The van der Waals surface area contributed by atoms with Gasteiger partial charge in [-0.05, 0) is 42.8 Å². The summed E-state index contributed by atoms with van der Waals surface area (Å²) in [5, 5.41) is 2.59. The molecule has 0 bridgehead atoms. The summed E-state index contributed by atoms with van der Waals surface area (Å²) in [4.78, 5) is 24.1. The molecule has 6 nitrogen and oxygen atoms in total. The van der Waals surface area contributed by atoms with Crippen molar-refractivity contribution < 1.29 is 22.4 Å². The topological polar surface area (TPSA) is 83.6 Å². The van der Waals surface area contributed by atoms with Crippen LogP contribution in [0.4, 0.5) is 10.1 Å². The maximum Gasteiger partial charge on any atom is 0.269 e. The summed E-state index contributed by atoms with van der Waals surface area (Å²) in [6, 6.07) is 11.3. The fraction of sp³-hybridized carbons (Fsp3) is 0.176. The molecular formula is C17H15FN2O4S. The van der Waals surface area contributed by atoms with Gasteiger partial charge in [-0.15, -0.1) is 0 Å². The Labute approximate surface area is 144 Å². The molecule has 0 unspecified atom stereocenters. The molecule has 0 spiro atoms. The number of anilines is 1. The number of nitrogens with zero attached hydrogens (tertiary/aromatic N) is 1. The standard InChI is InChI=1S/C17H15FN2O4S/c18-12-7-9-13(10-8-12)19-16(21)6-3-11-20-17(22)14-4-1-2-5-15(14)25(20,23)24/h1-2,4-5,7-10H,3,6,11H2,(H,19,21). The summed E-state index contributed by atoms with van der Waals surface area (Å²) >= 11 is 0. The van der Waals surface area contributed by atoms with Crippen LogP contribution in [0, 0.1) is 5.82 Å². The van der Waals surface area contributed by atoms with Gasteiger partial charge in [-0.25, -0.2) is 17.1 Å². The van der Waals surface area contributed by atoms with Gasteiger partial charge in [0.25, 0.3) is 15.9 Å². The van der Waals surface area contributed by atoms with E-state index in [0.717, 1.165) is 4.31 Å². The van der Waals surface area contributed by atoms with Crippen LogP contribution in [0.1, 0.15) is 23.2 Å². The number of carbonyl (C=O) groups excluding carboxylic acids is 2. The Morgan fingerprint density at radius 2 is 1.76 bits per heavy atom. The molecule has 2 aromatic carbocycles. The predicted octanol–water partition coefficient (Wildman–Crippen LogP) is 2.39. The minimum absolute atomic E-state index is 0.00392. The smallest absolute Gasteiger partial charge is 0.269 e. The molecule has 8 heteroatoms. The summed E-state index contributed by atoms with van der Waals surface area (Å²) in [6.07, 6.45) is 0.221. The lowest BCUT2D eigenvalue weighted by Crippen LogP contribution is -2.31. The highest BCUT2D eigenvalue weighted by Crippen LogP contribution is 2.30. The van der Waals surface area contributed by atoms with E-state index in [0.29, 0.717) is 5.69 Å². The van der Waals surface area contributed by atoms with Crippen LogP contribution in [0.25, 0.3) is 0 Å². The molecule has 1 aliphatic heterocycles. The number of nitrogens with one attached hydrogen (secondary N) is 1. The molecule has 0 aromatic heterocycles. The molecule has 0 radical (unpaired) electrons. The molecule has 0 saturated carbocycles. The van der Waals surface area contributed by atoms with Crippen molar-refractivity contribution in [1.29, 1.82) is 0 Å². The zero-order valence-electron chi connectivity index (χ0n) is 13.1. The second-order valence-electron chi connectivity index (χ2n) is 5.54. The molecule has 2 amide bonds. The van der Waals surface area contributed by atoms with Gasteiger partial charge in [0.2, 0.25) is 5.91 Å². The normalized spacial score (nSPS) is 15.1. The van der Waals surface area contributed by atoms with E-state index in [1.165, 1.54) is 36.4 Å². The molecule has 2 aromatic rings. The van der Waals surface area contributed by atoms with Gasteiger partial charge in [0.15, 0.2) is 0 Å². The average molecular weight is 362 g/mol. The molecule has 130 valence electrons. The Morgan fingerprint density at radius 3 is 2.44 bits per heavy atom. The summed E-state index contributed by atoms with van der Waals surface area (Å²) < 4.78 is 38.3. The van der Waals surface area contributed by atoms with Crippen LogP contribution < -0.4 is 5.32 Å². The molecule has 1 aliphatic rings. The SMILES string of the molecule is O=C(CCCN1C(=O)c2ccccc2S1(=O)=O)Nc1ccc(F)cc1. The van der Waals surface area contributed by atoms with E-state index in [1.807, 2.05) is 0 Å². The largest absolute Gasteiger partial charge is 0.326 e. The fourth-order valence-corrected chi connectivity index (χ4v) is 4.20. The summed E-state index contributed by atoms with van der Waals surface area (Å²) in [6.45, 7) is -0.0767. The molecule has 0 saturated heterocycles. The molecule has 3 rings (SSSR count). The van der Waals surface area contributed by atoms with Crippen LogP contribution in [0.2, 0.25) is 0 Å². The number of fused-ring (bicyclic) bond motifs is 1. The lowest BCUT2D eigenvalue weighted by Gasteiger charge is -2.14. The van der Waals surface area contributed by atoms with Crippen LogP contribution in [0.3, 0.4) is 0 Å². The highest BCUT2D eigenvalue weighted by molar-refractivity contribution is 7.90. The quantitative estimate of drug-likeness (QED) is 0.885. The Balaban J connectivity index is 1.58. The lowest BCUT2D eigenvalue weighted by molar-refractivity contribution is -0.116. The first-order valence-electron chi connectivity index (χ1n) is 7.61. The van der Waals surface area contributed by atoms with Crippen molar-refractivity contribution in [2.24, 2.45) is 0 Å². The number of benzene rings is 2. The van der Waals surface area contributed by atoms with Crippen LogP contribution >= 0.6 is 0 Å². The van der Waals surface area contributed by atoms with Crippen molar-refractivity contribution in [3.63, 3.8) is 0 Å². The van der Waals surface area contributed by atoms with E-state index in [2.05, 4.69) is 5.32 Å². The first kappa shape index (κ1) is 17.1. The molecule has 0 aliphatic carbocycles. The second kappa shape index (κ2) is 6.64. The third kappa shape index (κ3) is 3.39. The van der Waals surface area contributed by atoms with E-state index < -0.39 is 21.7 Å². The van der Waals surface area contributed by atoms with Crippen molar-refractivity contribution in [3.8, 4) is 0 Å². The third-order valence-corrected chi connectivity index (χ3v) is 5.65. The number of carbonyl (C=O) groups is 2. The van der Waals surface area contributed by atoms with Crippen LogP contribution in [-0.2, 0) is 14.8 Å². The van der Waals surface area contributed by atoms with Crippen molar-refractivity contribution in [3.05, 3.63) is 59.9 Å². The molecular weight excluding hydrogens is 347 g/mol. The van der Waals surface area contributed by atoms with Gasteiger partial charge in [-0.1, -0.05) is 12.1 Å². The number of amides is 2. The number of hydrogen-bond acceptors (Lipinski definition) is 4. The van der Waals surface area contributed by atoms with Gasteiger partial charge in [0, 0.05) is 18.7 Å². The fourth-order valence-electron chi connectivity index (χ4n) is 2.59. The van der Waals surface area contributed by atoms with E-state index in [1.54, 1.807) is 12.1 Å². The molecule has 1 heterocycles. The van der Waals surface area contributed by atoms with E-state index in [-0.39, 0.29) is 35.8 Å². The van der Waals surface area contributed by atoms with Gasteiger partial charge in [-0.2, -0.15) is 0 Å². The zero-order valence-corrected chi connectivity index (χ0v) is 13.9. The summed E-state index contributed by atoms with van der Waals surface area (Å²) in [5.41, 5.74) is 0.599. The molecule has 0 atom stereocenters. The van der Waals surface area contributed by atoms with Crippen molar-refractivity contribution in [2.75, 3.05) is 11.9 Å². The molecule has 1 N–H and O–H groups in total. The molecule has 25 heavy (non-hydrogen) atoms.